The van der Waals surface area contributed by atoms with Gasteiger partial charge in [-0.2, -0.15) is 0 Å². The van der Waals surface area contributed by atoms with Crippen molar-refractivity contribution in [1.82, 2.24) is 29.3 Å². The smallest absolute Gasteiger partial charge is 0.330 e. The van der Waals surface area contributed by atoms with E-state index in [-0.39, 0.29) is 24.5 Å². The molecule has 1 saturated heterocycles. The van der Waals surface area contributed by atoms with Gasteiger partial charge in [-0.25, -0.2) is 14.6 Å². The summed E-state index contributed by atoms with van der Waals surface area (Å²) in [4.78, 5) is 59.0. The van der Waals surface area contributed by atoms with Gasteiger partial charge in [0.15, 0.2) is 22.7 Å². The molecule has 0 radical (unpaired) electrons. The molecule has 34 heavy (non-hydrogen) atoms. The minimum absolute atomic E-state index is 0.0944. The number of aromatic nitrogens is 4. The number of urea groups is 1. The van der Waals surface area contributed by atoms with E-state index in [1.807, 2.05) is 6.92 Å². The maximum absolute atomic E-state index is 13.4. The summed E-state index contributed by atoms with van der Waals surface area (Å²) in [6, 6.07) is 4.48. The summed E-state index contributed by atoms with van der Waals surface area (Å²) >= 11 is 0. The number of rotatable bonds is 6. The number of aryl methyl sites for hydroxylation is 2. The van der Waals surface area contributed by atoms with Gasteiger partial charge in [-0.1, -0.05) is 19.4 Å². The molecule has 0 spiro atoms. The highest BCUT2D eigenvalue weighted by Gasteiger charge is 2.49. The van der Waals surface area contributed by atoms with E-state index >= 15 is 0 Å². The second-order valence-corrected chi connectivity index (χ2v) is 8.54. The molecule has 5 rings (SSSR count). The van der Waals surface area contributed by atoms with Crippen molar-refractivity contribution in [2.75, 3.05) is 6.79 Å². The quantitative estimate of drug-likeness (QED) is 0.513. The number of nitrogens with one attached hydrogen (secondary N) is 2. The highest BCUT2D eigenvalue weighted by molar-refractivity contribution is 6.07. The number of aromatic amines is 1. The zero-order chi connectivity index (χ0) is 24.2. The van der Waals surface area contributed by atoms with Gasteiger partial charge in [-0.3, -0.25) is 24.0 Å². The normalized spacial score (nSPS) is 19.3. The zero-order valence-electron chi connectivity index (χ0n) is 19.0. The van der Waals surface area contributed by atoms with Crippen molar-refractivity contribution >= 4 is 23.1 Å². The summed E-state index contributed by atoms with van der Waals surface area (Å²) in [5.74, 6) is 0.898. The van der Waals surface area contributed by atoms with Crippen molar-refractivity contribution in [2.45, 2.75) is 45.3 Å². The monoisotopic (exact) mass is 468 g/mol. The Morgan fingerprint density at radius 3 is 2.68 bits per heavy atom. The third kappa shape index (κ3) is 3.17. The Labute approximate surface area is 193 Å². The molecule has 1 aromatic carbocycles. The number of unbranched alkanes of at least 4 members (excludes halogenated alkanes) is 1. The van der Waals surface area contributed by atoms with Crippen LogP contribution >= 0.6 is 0 Å². The van der Waals surface area contributed by atoms with Crippen LogP contribution in [0.4, 0.5) is 4.79 Å². The molecule has 2 aliphatic rings. The Kier molecular flexibility index (Phi) is 4.95. The lowest BCUT2D eigenvalue weighted by Crippen LogP contribution is -2.40. The third-order valence-corrected chi connectivity index (χ3v) is 6.37. The van der Waals surface area contributed by atoms with Gasteiger partial charge in [-0.05, 0) is 31.0 Å². The number of carbonyl (C=O) groups is 2. The number of imidazole rings is 1. The Morgan fingerprint density at radius 2 is 1.91 bits per heavy atom. The average Bonchev–Trinajstić information content (AvgIpc) is 3.45. The molecule has 2 N–H and O–H groups in total. The minimum Gasteiger partial charge on any atom is -0.454 e. The van der Waals surface area contributed by atoms with Crippen LogP contribution in [-0.2, 0) is 30.5 Å². The zero-order valence-corrected chi connectivity index (χ0v) is 19.0. The molecule has 3 aromatic rings. The average molecular weight is 468 g/mol. The number of carbonyl (C=O) groups excluding carboxylic acids is 2. The van der Waals surface area contributed by atoms with Crippen molar-refractivity contribution in [3.63, 3.8) is 0 Å². The first-order valence-corrected chi connectivity index (χ1v) is 11.0. The predicted octanol–water partition coefficient (Wildman–Crippen LogP) is 0.919. The van der Waals surface area contributed by atoms with E-state index in [1.54, 1.807) is 32.2 Å². The van der Waals surface area contributed by atoms with Crippen LogP contribution in [0.1, 0.15) is 38.1 Å². The molecule has 12 nitrogen and oxygen atoms in total. The van der Waals surface area contributed by atoms with Crippen LogP contribution in [0.25, 0.3) is 11.2 Å². The van der Waals surface area contributed by atoms with E-state index in [1.165, 1.54) is 9.13 Å². The summed E-state index contributed by atoms with van der Waals surface area (Å²) in [6.45, 7) is 3.93. The molecule has 0 aliphatic carbocycles. The van der Waals surface area contributed by atoms with Gasteiger partial charge in [0.25, 0.3) is 11.5 Å². The fourth-order valence-electron chi connectivity index (χ4n) is 4.34. The Balaban J connectivity index is 1.50. The van der Waals surface area contributed by atoms with E-state index in [0.29, 0.717) is 29.4 Å². The van der Waals surface area contributed by atoms with Gasteiger partial charge in [-0.15, -0.1) is 0 Å². The number of H-pyrrole nitrogens is 1. The standard InChI is InChI=1S/C22H24N6O6/c1-4-5-8-27-17-16(18(29)24-20(27)31)26(3)15(23-17)10-28-19(30)22(2,25-21(28)32)12-6-7-13-14(9-12)34-11-33-13/h6-7,9H,4-5,8,10-11H2,1-3H3,(H,25,32)(H,24,29,31). The van der Waals surface area contributed by atoms with Gasteiger partial charge in [0.1, 0.15) is 11.4 Å². The van der Waals surface area contributed by atoms with Gasteiger partial charge in [0, 0.05) is 13.6 Å². The maximum Gasteiger partial charge on any atom is 0.330 e. The topological polar surface area (TPSA) is 141 Å². The van der Waals surface area contributed by atoms with E-state index in [2.05, 4.69) is 15.3 Å². The fourth-order valence-corrected chi connectivity index (χ4v) is 4.34. The van der Waals surface area contributed by atoms with Crippen molar-refractivity contribution in [3.8, 4) is 11.5 Å². The first kappa shape index (κ1) is 21.7. The van der Waals surface area contributed by atoms with E-state index in [9.17, 15) is 19.2 Å². The lowest BCUT2D eigenvalue weighted by Gasteiger charge is -2.22. The summed E-state index contributed by atoms with van der Waals surface area (Å²) < 4.78 is 13.6. The second kappa shape index (κ2) is 7.75. The number of ether oxygens (including phenoxy) is 2. The van der Waals surface area contributed by atoms with Crippen molar-refractivity contribution in [2.24, 2.45) is 7.05 Å². The first-order chi connectivity index (χ1) is 16.2. The minimum atomic E-state index is -1.32. The maximum atomic E-state index is 13.4. The summed E-state index contributed by atoms with van der Waals surface area (Å²) in [6.07, 6.45) is 1.58. The molecule has 2 aliphatic heterocycles. The molecule has 1 atom stereocenters. The lowest BCUT2D eigenvalue weighted by molar-refractivity contribution is -0.131. The predicted molar refractivity (Wildman–Crippen MR) is 120 cm³/mol. The van der Waals surface area contributed by atoms with Crippen LogP contribution in [0.2, 0.25) is 0 Å². The SMILES string of the molecule is CCCCn1c(=O)[nH]c(=O)c2c1nc(CN1C(=O)NC(C)(c3ccc4c(c3)OCO4)C1=O)n2C. The number of benzene rings is 1. The molecule has 12 heteroatoms. The number of hydrogen-bond acceptors (Lipinski definition) is 7. The Morgan fingerprint density at radius 1 is 1.15 bits per heavy atom. The van der Waals surface area contributed by atoms with Crippen LogP contribution in [0.3, 0.4) is 0 Å². The fraction of sp³-hybridized carbons (Fsp3) is 0.409. The van der Waals surface area contributed by atoms with Crippen LogP contribution in [0, 0.1) is 0 Å². The molecule has 4 heterocycles. The van der Waals surface area contributed by atoms with Crippen molar-refractivity contribution in [1.29, 1.82) is 0 Å². The van der Waals surface area contributed by atoms with Gasteiger partial charge in [0.2, 0.25) is 6.79 Å². The summed E-state index contributed by atoms with van der Waals surface area (Å²) in [5.41, 5.74) is -1.45. The first-order valence-electron chi connectivity index (χ1n) is 11.0. The molecule has 0 bridgehead atoms. The Bertz CT molecular complexity index is 1450. The van der Waals surface area contributed by atoms with Crippen LogP contribution < -0.4 is 26.0 Å². The molecule has 1 unspecified atom stereocenters. The number of nitrogens with zero attached hydrogens (tertiary/aromatic N) is 4. The van der Waals surface area contributed by atoms with Gasteiger partial charge in [0.05, 0.1) is 6.54 Å². The van der Waals surface area contributed by atoms with Crippen molar-refractivity contribution in [3.05, 3.63) is 50.4 Å². The third-order valence-electron chi connectivity index (χ3n) is 6.37. The number of imide groups is 1. The van der Waals surface area contributed by atoms with Crippen molar-refractivity contribution < 1.29 is 19.1 Å². The second-order valence-electron chi connectivity index (χ2n) is 8.54. The number of fused-ring (bicyclic) bond motifs is 2. The number of hydrogen-bond donors (Lipinski definition) is 2. The molecule has 178 valence electrons. The Hall–Kier alpha value is -4.09. The molecular formula is C22H24N6O6. The van der Waals surface area contributed by atoms with Gasteiger partial charge < -0.3 is 19.4 Å². The molecule has 0 saturated carbocycles. The van der Waals surface area contributed by atoms with Crippen LogP contribution in [-0.4, -0.2) is 42.7 Å². The lowest BCUT2D eigenvalue weighted by atomic mass is 9.91. The molecule has 1 fully saturated rings. The molecular weight excluding hydrogens is 444 g/mol. The highest BCUT2D eigenvalue weighted by atomic mass is 16.7. The van der Waals surface area contributed by atoms with Crippen LogP contribution in [0.5, 0.6) is 11.5 Å². The molecule has 3 amide bonds. The van der Waals surface area contributed by atoms with E-state index < -0.39 is 28.7 Å². The number of amides is 3. The van der Waals surface area contributed by atoms with E-state index in [0.717, 1.165) is 17.7 Å². The van der Waals surface area contributed by atoms with E-state index in [4.69, 9.17) is 9.47 Å². The highest BCUT2D eigenvalue weighted by Crippen LogP contribution is 2.38. The molecule has 2 aromatic heterocycles. The largest absolute Gasteiger partial charge is 0.454 e. The van der Waals surface area contributed by atoms with Gasteiger partial charge >= 0.3 is 11.7 Å². The summed E-state index contributed by atoms with van der Waals surface area (Å²) in [7, 11) is 1.62. The van der Waals surface area contributed by atoms with Crippen LogP contribution in [0.15, 0.2) is 27.8 Å². The summed E-state index contributed by atoms with van der Waals surface area (Å²) in [5, 5.41) is 2.75.